The van der Waals surface area contributed by atoms with Gasteiger partial charge in [-0.25, -0.2) is 0 Å². The molecule has 1 unspecified atom stereocenters. The summed E-state index contributed by atoms with van der Waals surface area (Å²) in [5.74, 6) is 0.212. The second kappa shape index (κ2) is 11.5. The third-order valence-corrected chi connectivity index (χ3v) is 3.51. The Morgan fingerprint density at radius 2 is 1.44 bits per heavy atom. The summed E-state index contributed by atoms with van der Waals surface area (Å²) in [7, 11) is 0. The summed E-state index contributed by atoms with van der Waals surface area (Å²) >= 11 is 3.96. The predicted molar refractivity (Wildman–Crippen MR) is 75.0 cm³/mol. The maximum absolute atomic E-state index is 11.2. The maximum Gasteiger partial charge on any atom is 0.188 e. The van der Waals surface area contributed by atoms with E-state index in [0.717, 1.165) is 19.3 Å². The van der Waals surface area contributed by atoms with Crippen LogP contribution in [0.3, 0.4) is 0 Å². The van der Waals surface area contributed by atoms with E-state index in [4.69, 9.17) is 0 Å². The summed E-state index contributed by atoms with van der Waals surface area (Å²) in [6.45, 7) is 4.38. The Kier molecular flexibility index (Phi) is 11.5. The number of unbranched alkanes of at least 4 members (excludes halogenated alkanes) is 6. The molecule has 0 aliphatic heterocycles. The highest BCUT2D eigenvalue weighted by molar-refractivity contribution is 7.96. The molecule has 0 saturated carbocycles. The minimum Gasteiger partial charge on any atom is -0.287 e. The molecule has 0 aliphatic rings. The lowest BCUT2D eigenvalue weighted by atomic mass is 9.97. The fourth-order valence-corrected chi connectivity index (χ4v) is 2.35. The van der Waals surface area contributed by atoms with E-state index in [2.05, 4.69) is 26.5 Å². The van der Waals surface area contributed by atoms with Gasteiger partial charge in [-0.2, -0.15) is 0 Å². The van der Waals surface area contributed by atoms with Crippen LogP contribution in [0.15, 0.2) is 0 Å². The summed E-state index contributed by atoms with van der Waals surface area (Å²) in [6.07, 6.45) is 12.4. The summed E-state index contributed by atoms with van der Waals surface area (Å²) in [6, 6.07) is 0. The van der Waals surface area contributed by atoms with Crippen LogP contribution in [0.2, 0.25) is 0 Å². The SMILES string of the molecule is CCCCCCCCCC(CCC)C(=O)S. The van der Waals surface area contributed by atoms with Crippen molar-refractivity contribution in [2.24, 2.45) is 5.92 Å². The standard InChI is InChI=1S/C14H28OS/c1-3-5-6-7-8-9-10-12-13(11-4-2)14(15)16/h13H,3-12H2,1-2H3,(H,15,16). The lowest BCUT2D eigenvalue weighted by Crippen LogP contribution is -2.08. The van der Waals surface area contributed by atoms with Gasteiger partial charge in [0.25, 0.3) is 0 Å². The van der Waals surface area contributed by atoms with Crippen molar-refractivity contribution in [3.05, 3.63) is 0 Å². The van der Waals surface area contributed by atoms with Gasteiger partial charge in [0.05, 0.1) is 0 Å². The first-order valence-electron chi connectivity index (χ1n) is 6.95. The maximum atomic E-state index is 11.2. The lowest BCUT2D eigenvalue weighted by molar-refractivity contribution is -0.114. The highest BCUT2D eigenvalue weighted by Gasteiger charge is 2.12. The monoisotopic (exact) mass is 244 g/mol. The first-order valence-corrected chi connectivity index (χ1v) is 7.39. The highest BCUT2D eigenvalue weighted by atomic mass is 32.1. The molecule has 0 bridgehead atoms. The van der Waals surface area contributed by atoms with E-state index >= 15 is 0 Å². The first kappa shape index (κ1) is 16.0. The highest BCUT2D eigenvalue weighted by Crippen LogP contribution is 2.19. The molecule has 0 aromatic rings. The Bertz CT molecular complexity index is 168. The van der Waals surface area contributed by atoms with E-state index in [1.54, 1.807) is 0 Å². The Morgan fingerprint density at radius 3 is 1.94 bits per heavy atom. The zero-order valence-electron chi connectivity index (χ0n) is 11.0. The first-order chi connectivity index (χ1) is 7.72. The molecule has 0 aromatic carbocycles. The second-order valence-electron chi connectivity index (χ2n) is 4.73. The van der Waals surface area contributed by atoms with Crippen molar-refractivity contribution in [3.8, 4) is 0 Å². The Hall–Kier alpha value is 0.0200. The number of thiol groups is 1. The number of hydrogen-bond donors (Lipinski definition) is 1. The van der Waals surface area contributed by atoms with E-state index in [1.165, 1.54) is 44.9 Å². The van der Waals surface area contributed by atoms with E-state index in [0.29, 0.717) is 0 Å². The zero-order valence-corrected chi connectivity index (χ0v) is 11.9. The molecule has 96 valence electrons. The molecule has 2 heteroatoms. The molecule has 0 spiro atoms. The van der Waals surface area contributed by atoms with Crippen molar-refractivity contribution >= 4 is 17.7 Å². The molecule has 0 rings (SSSR count). The minimum atomic E-state index is 0.0906. The van der Waals surface area contributed by atoms with Gasteiger partial charge < -0.3 is 0 Å². The van der Waals surface area contributed by atoms with Gasteiger partial charge >= 0.3 is 0 Å². The summed E-state index contributed by atoms with van der Waals surface area (Å²) in [4.78, 5) is 11.2. The average molecular weight is 244 g/mol. The molecule has 0 fully saturated rings. The van der Waals surface area contributed by atoms with Crippen LogP contribution in [0.1, 0.15) is 78.1 Å². The van der Waals surface area contributed by atoms with E-state index in [9.17, 15) is 4.79 Å². The molecule has 0 N–H and O–H groups in total. The lowest BCUT2D eigenvalue weighted by Gasteiger charge is -2.11. The molecule has 0 aliphatic carbocycles. The molecule has 0 aromatic heterocycles. The minimum absolute atomic E-state index is 0.0906. The summed E-state index contributed by atoms with van der Waals surface area (Å²) in [5, 5.41) is 0.0906. The van der Waals surface area contributed by atoms with E-state index in [-0.39, 0.29) is 11.0 Å². The van der Waals surface area contributed by atoms with Crippen LogP contribution in [0, 0.1) is 5.92 Å². The van der Waals surface area contributed by atoms with Gasteiger partial charge in [0.2, 0.25) is 0 Å². The Balaban J connectivity index is 3.37. The number of hydrogen-bond acceptors (Lipinski definition) is 1. The molecular formula is C14H28OS. The van der Waals surface area contributed by atoms with Crippen LogP contribution in [0.4, 0.5) is 0 Å². The van der Waals surface area contributed by atoms with Crippen LogP contribution in [0.25, 0.3) is 0 Å². The van der Waals surface area contributed by atoms with Gasteiger partial charge in [-0.15, -0.1) is 12.6 Å². The number of rotatable bonds is 11. The Labute approximate surface area is 107 Å². The van der Waals surface area contributed by atoms with Gasteiger partial charge in [0.1, 0.15) is 0 Å². The molecule has 0 amide bonds. The second-order valence-corrected chi connectivity index (χ2v) is 5.17. The molecular weight excluding hydrogens is 216 g/mol. The average Bonchev–Trinajstić information content (AvgIpc) is 2.26. The largest absolute Gasteiger partial charge is 0.287 e. The van der Waals surface area contributed by atoms with Crippen molar-refractivity contribution in [1.29, 1.82) is 0 Å². The smallest absolute Gasteiger partial charge is 0.188 e. The van der Waals surface area contributed by atoms with Gasteiger partial charge in [0, 0.05) is 5.92 Å². The van der Waals surface area contributed by atoms with Gasteiger partial charge in [-0.3, -0.25) is 4.79 Å². The van der Waals surface area contributed by atoms with Crippen molar-refractivity contribution in [2.45, 2.75) is 78.1 Å². The van der Waals surface area contributed by atoms with Gasteiger partial charge in [0.15, 0.2) is 5.12 Å². The van der Waals surface area contributed by atoms with Crippen LogP contribution in [0.5, 0.6) is 0 Å². The van der Waals surface area contributed by atoms with Crippen LogP contribution >= 0.6 is 12.6 Å². The normalized spacial score (nSPS) is 12.7. The number of carbonyl (C=O) groups is 1. The van der Waals surface area contributed by atoms with Gasteiger partial charge in [-0.1, -0.05) is 65.2 Å². The zero-order chi connectivity index (χ0) is 12.2. The molecule has 1 atom stereocenters. The van der Waals surface area contributed by atoms with E-state index in [1.807, 2.05) is 0 Å². The molecule has 0 radical (unpaired) electrons. The third kappa shape index (κ3) is 9.26. The van der Waals surface area contributed by atoms with Crippen LogP contribution in [-0.4, -0.2) is 5.12 Å². The topological polar surface area (TPSA) is 17.1 Å². The molecule has 16 heavy (non-hydrogen) atoms. The quantitative estimate of drug-likeness (QED) is 0.400. The van der Waals surface area contributed by atoms with Gasteiger partial charge in [-0.05, 0) is 12.8 Å². The molecule has 1 nitrogen and oxygen atoms in total. The van der Waals surface area contributed by atoms with Crippen molar-refractivity contribution in [2.75, 3.05) is 0 Å². The fourth-order valence-electron chi connectivity index (χ4n) is 2.09. The summed E-state index contributed by atoms with van der Waals surface area (Å²) < 4.78 is 0. The van der Waals surface area contributed by atoms with Crippen molar-refractivity contribution in [1.82, 2.24) is 0 Å². The summed E-state index contributed by atoms with van der Waals surface area (Å²) in [5.41, 5.74) is 0. The fraction of sp³-hybridized carbons (Fsp3) is 0.929. The Morgan fingerprint density at radius 1 is 0.875 bits per heavy atom. The van der Waals surface area contributed by atoms with Crippen molar-refractivity contribution in [3.63, 3.8) is 0 Å². The number of carbonyl (C=O) groups excluding carboxylic acids is 1. The van der Waals surface area contributed by atoms with Crippen molar-refractivity contribution < 1.29 is 4.79 Å². The molecule has 0 heterocycles. The third-order valence-electron chi connectivity index (χ3n) is 3.14. The molecule has 0 saturated heterocycles. The predicted octanol–water partition coefficient (Wildman–Crippen LogP) is 5.00. The van der Waals surface area contributed by atoms with E-state index < -0.39 is 0 Å². The van der Waals surface area contributed by atoms with Crippen LogP contribution < -0.4 is 0 Å². The van der Waals surface area contributed by atoms with Crippen LogP contribution in [-0.2, 0) is 4.79 Å².